The van der Waals surface area contributed by atoms with Gasteiger partial charge in [-0.05, 0) is 31.5 Å². The number of hydrogen-bond acceptors (Lipinski definition) is 5. The molecule has 0 saturated heterocycles. The van der Waals surface area contributed by atoms with Crippen molar-refractivity contribution in [1.82, 2.24) is 0 Å². The van der Waals surface area contributed by atoms with Gasteiger partial charge in [-0.2, -0.15) is 0 Å². The summed E-state index contributed by atoms with van der Waals surface area (Å²) in [6.45, 7) is 7.26. The standard InChI is InChI=1S/C12H30B2O8P2/c1-5-10(3)7-8-20-24(18,19)22-12(4,6-2)11(14-13)9-21-23(15,16)17/h10-11,14H,5-9,13H2,1-4H3,(H,18,19)(H2,15,16,17). The minimum atomic E-state index is -4.61. The van der Waals surface area contributed by atoms with Gasteiger partial charge in [0.15, 0.2) is 0 Å². The van der Waals surface area contributed by atoms with E-state index in [9.17, 15) is 14.0 Å². The van der Waals surface area contributed by atoms with Crippen molar-refractivity contribution in [2.45, 2.75) is 58.4 Å². The molecule has 0 aromatic heterocycles. The topological polar surface area (TPSA) is 123 Å². The third-order valence-electron chi connectivity index (χ3n) is 4.39. The zero-order valence-electron chi connectivity index (χ0n) is 15.2. The van der Waals surface area contributed by atoms with Crippen molar-refractivity contribution in [2.75, 3.05) is 13.2 Å². The van der Waals surface area contributed by atoms with Gasteiger partial charge in [-0.3, -0.25) is 13.6 Å². The average molecular weight is 386 g/mol. The van der Waals surface area contributed by atoms with Crippen LogP contribution in [0.25, 0.3) is 0 Å². The molecule has 0 radical (unpaired) electrons. The van der Waals surface area contributed by atoms with E-state index in [2.05, 4.69) is 4.52 Å². The summed E-state index contributed by atoms with van der Waals surface area (Å²) in [5.74, 6) is -0.101. The van der Waals surface area contributed by atoms with Gasteiger partial charge >= 0.3 is 15.6 Å². The van der Waals surface area contributed by atoms with Gasteiger partial charge < -0.3 is 14.7 Å². The van der Waals surface area contributed by atoms with Gasteiger partial charge in [0.2, 0.25) is 0 Å². The van der Waals surface area contributed by atoms with Crippen LogP contribution in [0.2, 0.25) is 5.82 Å². The molecule has 0 rings (SSSR count). The number of phosphoric ester groups is 2. The molecule has 8 nitrogen and oxygen atoms in total. The average Bonchev–Trinajstić information content (AvgIpc) is 2.45. The van der Waals surface area contributed by atoms with Gasteiger partial charge in [-0.15, -0.1) is 0 Å². The zero-order chi connectivity index (χ0) is 19.0. The molecule has 4 atom stereocenters. The highest BCUT2D eigenvalue weighted by Crippen LogP contribution is 2.52. The zero-order valence-corrected chi connectivity index (χ0v) is 17.0. The molecule has 0 heterocycles. The second-order valence-corrected chi connectivity index (χ2v) is 8.87. The SMILES string of the molecule is BBC(COP(=O)(O)O)C(C)(CC)OP(=O)(O)OCCC(C)CC. The Morgan fingerprint density at radius 1 is 1.21 bits per heavy atom. The second kappa shape index (κ2) is 10.5. The van der Waals surface area contributed by atoms with Crippen LogP contribution >= 0.6 is 15.6 Å². The largest absolute Gasteiger partial charge is 0.472 e. The lowest BCUT2D eigenvalue weighted by Crippen LogP contribution is -2.38. The first-order chi connectivity index (χ1) is 10.9. The molecule has 0 bridgehead atoms. The molecule has 12 heteroatoms. The van der Waals surface area contributed by atoms with E-state index in [0.29, 0.717) is 25.9 Å². The van der Waals surface area contributed by atoms with Gasteiger partial charge in [-0.25, -0.2) is 9.13 Å². The van der Waals surface area contributed by atoms with Crippen molar-refractivity contribution in [3.8, 4) is 0 Å². The van der Waals surface area contributed by atoms with Gasteiger partial charge in [0.1, 0.15) is 0 Å². The molecule has 0 amide bonds. The highest BCUT2D eigenvalue weighted by Gasteiger charge is 2.40. The monoisotopic (exact) mass is 386 g/mol. The highest BCUT2D eigenvalue weighted by atomic mass is 31.2. The Hall–Kier alpha value is 0.350. The summed E-state index contributed by atoms with van der Waals surface area (Å²) in [6, 6.07) is 0. The van der Waals surface area contributed by atoms with E-state index in [1.165, 1.54) is 0 Å². The molecule has 0 aromatic carbocycles. The van der Waals surface area contributed by atoms with Gasteiger partial charge in [0, 0.05) is 0 Å². The van der Waals surface area contributed by atoms with Crippen molar-refractivity contribution >= 4 is 30.6 Å². The summed E-state index contributed by atoms with van der Waals surface area (Å²) in [5, 5.41) is 0. The quantitative estimate of drug-likeness (QED) is 0.323. The normalized spacial score (nSPS) is 20.0. The van der Waals surface area contributed by atoms with Crippen molar-refractivity contribution in [1.29, 1.82) is 0 Å². The Balaban J connectivity index is 4.86. The maximum Gasteiger partial charge on any atom is 0.472 e. The minimum Gasteiger partial charge on any atom is -0.303 e. The fourth-order valence-electron chi connectivity index (χ4n) is 2.20. The third-order valence-corrected chi connectivity index (χ3v) is 6.03. The van der Waals surface area contributed by atoms with Crippen LogP contribution in [-0.4, -0.2) is 48.4 Å². The van der Waals surface area contributed by atoms with Crippen LogP contribution < -0.4 is 0 Å². The fourth-order valence-corrected chi connectivity index (χ4v) is 3.77. The molecular formula is C12H30B2O8P2. The highest BCUT2D eigenvalue weighted by molar-refractivity contribution is 7.47. The summed E-state index contributed by atoms with van der Waals surface area (Å²) in [7, 11) is -6.65. The van der Waals surface area contributed by atoms with Gasteiger partial charge in [0.25, 0.3) is 0 Å². The predicted molar refractivity (Wildman–Crippen MR) is 97.1 cm³/mol. The van der Waals surface area contributed by atoms with E-state index < -0.39 is 27.1 Å². The molecule has 142 valence electrons. The van der Waals surface area contributed by atoms with E-state index in [1.807, 2.05) is 13.8 Å². The summed E-state index contributed by atoms with van der Waals surface area (Å²) < 4.78 is 38.0. The lowest BCUT2D eigenvalue weighted by atomic mass is 9.43. The summed E-state index contributed by atoms with van der Waals surface area (Å²) in [6.07, 6.45) is 1.95. The van der Waals surface area contributed by atoms with E-state index in [0.717, 1.165) is 6.42 Å². The Kier molecular flexibility index (Phi) is 10.6. The van der Waals surface area contributed by atoms with Crippen LogP contribution in [0.15, 0.2) is 0 Å². The smallest absolute Gasteiger partial charge is 0.303 e. The number of hydrogen-bond donors (Lipinski definition) is 3. The Labute approximate surface area is 146 Å². The van der Waals surface area contributed by atoms with E-state index >= 15 is 0 Å². The van der Waals surface area contributed by atoms with Crippen LogP contribution in [-0.2, 0) is 22.7 Å². The molecule has 3 N–H and O–H groups in total. The van der Waals surface area contributed by atoms with Crippen molar-refractivity contribution in [3.63, 3.8) is 0 Å². The van der Waals surface area contributed by atoms with Crippen molar-refractivity contribution < 1.29 is 37.4 Å². The van der Waals surface area contributed by atoms with Crippen molar-refractivity contribution in [3.05, 3.63) is 0 Å². The molecule has 0 aromatic rings. The van der Waals surface area contributed by atoms with Crippen LogP contribution in [0.5, 0.6) is 0 Å². The van der Waals surface area contributed by atoms with Gasteiger partial charge in [0.05, 0.1) is 33.7 Å². The van der Waals surface area contributed by atoms with E-state index in [-0.39, 0.29) is 13.2 Å². The Bertz CT molecular complexity index is 460. The van der Waals surface area contributed by atoms with Gasteiger partial charge in [-0.1, -0.05) is 27.2 Å². The summed E-state index contributed by atoms with van der Waals surface area (Å²) in [4.78, 5) is 27.6. The predicted octanol–water partition coefficient (Wildman–Crippen LogP) is 1.61. The molecule has 4 unspecified atom stereocenters. The molecule has 0 aliphatic carbocycles. The Morgan fingerprint density at radius 3 is 2.21 bits per heavy atom. The lowest BCUT2D eigenvalue weighted by Gasteiger charge is -2.37. The first-order valence-electron chi connectivity index (χ1n) is 8.27. The number of rotatable bonds is 13. The van der Waals surface area contributed by atoms with Crippen LogP contribution in [0, 0.1) is 5.92 Å². The maximum atomic E-state index is 12.2. The lowest BCUT2D eigenvalue weighted by molar-refractivity contribution is 0.0139. The fraction of sp³-hybridized carbons (Fsp3) is 1.00. The first-order valence-corrected chi connectivity index (χ1v) is 11.3. The maximum absolute atomic E-state index is 12.2. The number of phosphoric acid groups is 2. The van der Waals surface area contributed by atoms with E-state index in [4.69, 9.17) is 18.8 Å². The summed E-state index contributed by atoms with van der Waals surface area (Å²) >= 11 is 0. The van der Waals surface area contributed by atoms with E-state index in [1.54, 1.807) is 21.6 Å². The molecule has 0 saturated carbocycles. The molecular weight excluding hydrogens is 356 g/mol. The van der Waals surface area contributed by atoms with Crippen molar-refractivity contribution in [2.24, 2.45) is 5.92 Å². The van der Waals surface area contributed by atoms with Crippen LogP contribution in [0.3, 0.4) is 0 Å². The second-order valence-electron chi connectivity index (χ2n) is 6.25. The molecule has 0 spiro atoms. The van der Waals surface area contributed by atoms with Crippen LogP contribution in [0.4, 0.5) is 0 Å². The third kappa shape index (κ3) is 9.73. The molecule has 0 aliphatic rings. The van der Waals surface area contributed by atoms with Crippen LogP contribution in [0.1, 0.15) is 47.0 Å². The molecule has 0 aliphatic heterocycles. The first kappa shape index (κ1) is 24.3. The molecule has 0 fully saturated rings. The molecule has 24 heavy (non-hydrogen) atoms. The minimum absolute atomic E-state index is 0.109. The Morgan fingerprint density at radius 2 is 1.79 bits per heavy atom. The summed E-state index contributed by atoms with van der Waals surface area (Å²) in [5.41, 5.74) is -1.11.